The van der Waals surface area contributed by atoms with Crippen LogP contribution >= 0.6 is 162 Å². The van der Waals surface area contributed by atoms with Gasteiger partial charge in [-0.05, 0) is 0 Å². The SMILES string of the molecule is ClC1=C(Cl)C(Cl)(Cl)C(Cl)(Cl)C(Cl)(Cl)C(Cl)(Cl)C(Cl)(Cl)C1(Cl)Cl. The van der Waals surface area contributed by atoms with Crippen molar-refractivity contribution in [1.82, 2.24) is 0 Å². The highest BCUT2D eigenvalue weighted by molar-refractivity contribution is 6.80. The van der Waals surface area contributed by atoms with Gasteiger partial charge < -0.3 is 0 Å². The van der Waals surface area contributed by atoms with Crippen LogP contribution in [0.1, 0.15) is 0 Å². The minimum Gasteiger partial charge on any atom is -0.0946 e. The molecule has 0 unspecified atom stereocenters. The fraction of sp³-hybridized carbons (Fsp3) is 0.750. The van der Waals surface area contributed by atoms with Crippen LogP contribution in [-0.2, 0) is 0 Å². The topological polar surface area (TPSA) is 0 Å². The first-order chi connectivity index (χ1) is 9.32. The number of rotatable bonds is 0. The molecule has 0 atom stereocenters. The van der Waals surface area contributed by atoms with E-state index in [1.807, 2.05) is 0 Å². The third-order valence-electron chi connectivity index (χ3n) is 2.72. The Kier molecular flexibility index (Phi) is 7.26. The van der Waals surface area contributed by atoms with Gasteiger partial charge in [0.1, 0.15) is 0 Å². The highest BCUT2D eigenvalue weighted by Crippen LogP contribution is 2.73. The minimum absolute atomic E-state index is 0.632. The average Bonchev–Trinajstić information content (AvgIpc) is 2.34. The van der Waals surface area contributed by atoms with Crippen molar-refractivity contribution in [3.8, 4) is 0 Å². The predicted molar refractivity (Wildman–Crippen MR) is 105 cm³/mol. The van der Waals surface area contributed by atoms with E-state index in [9.17, 15) is 0 Å². The molecule has 0 spiro atoms. The Bertz CT molecular complexity index is 465. The zero-order valence-electron chi connectivity index (χ0n) is 9.29. The molecule has 0 N–H and O–H groups in total. The van der Waals surface area contributed by atoms with Gasteiger partial charge in [-0.15, -0.1) is 0 Å². The van der Waals surface area contributed by atoms with Crippen LogP contribution in [0.3, 0.4) is 0 Å². The van der Waals surface area contributed by atoms with E-state index in [4.69, 9.17) is 162 Å². The lowest BCUT2D eigenvalue weighted by Crippen LogP contribution is -2.68. The summed E-state index contributed by atoms with van der Waals surface area (Å²) in [6, 6.07) is 0. The summed E-state index contributed by atoms with van der Waals surface area (Å²) < 4.78 is -15.3. The van der Waals surface area contributed by atoms with Gasteiger partial charge in [0.2, 0.25) is 0 Å². The van der Waals surface area contributed by atoms with Crippen molar-refractivity contribution in [2.45, 2.75) is 26.0 Å². The molecule has 0 aliphatic heterocycles. The summed E-state index contributed by atoms with van der Waals surface area (Å²) in [6.45, 7) is 0. The molecule has 0 aromatic carbocycles. The van der Waals surface area contributed by atoms with E-state index in [1.54, 1.807) is 0 Å². The molecule has 0 heterocycles. The molecular weight excluding hydrogens is 592 g/mol. The normalized spacial score (nSPS) is 31.4. The fourth-order valence-corrected chi connectivity index (χ4v) is 6.09. The van der Waals surface area contributed by atoms with Crippen LogP contribution in [0.5, 0.6) is 0 Å². The Balaban J connectivity index is 4.02. The molecule has 1 aliphatic rings. The first-order valence-corrected chi connectivity index (χ1v) is 9.94. The van der Waals surface area contributed by atoms with Crippen molar-refractivity contribution >= 4 is 162 Å². The molecule has 0 aromatic heterocycles. The smallest absolute Gasteiger partial charge is 0.0946 e. The zero-order valence-corrected chi connectivity index (χ0v) is 19.9. The molecule has 0 bridgehead atoms. The lowest BCUT2D eigenvalue weighted by atomic mass is 10.00. The maximum absolute atomic E-state index is 6.10. The average molecular weight is 592 g/mol. The Morgan fingerprint density at radius 2 is 0.545 bits per heavy atom. The van der Waals surface area contributed by atoms with Crippen LogP contribution in [0.4, 0.5) is 0 Å². The quantitative estimate of drug-likeness (QED) is 0.247. The highest BCUT2D eigenvalue weighted by atomic mass is 35.6. The molecule has 14 heteroatoms. The third-order valence-corrected chi connectivity index (χ3v) is 12.5. The summed E-state index contributed by atoms with van der Waals surface area (Å²) in [5, 5.41) is -1.26. The molecular formula is C8Cl14. The Morgan fingerprint density at radius 3 is 0.727 bits per heavy atom. The second-order valence-electron chi connectivity index (χ2n) is 4.07. The monoisotopic (exact) mass is 586 g/mol. The van der Waals surface area contributed by atoms with Crippen molar-refractivity contribution in [1.29, 1.82) is 0 Å². The lowest BCUT2D eigenvalue weighted by molar-refractivity contribution is 0.492. The second-order valence-corrected chi connectivity index (χ2v) is 12.8. The third kappa shape index (κ3) is 2.95. The van der Waals surface area contributed by atoms with Crippen molar-refractivity contribution in [2.24, 2.45) is 0 Å². The van der Waals surface area contributed by atoms with Gasteiger partial charge in [0.15, 0.2) is 26.0 Å². The Morgan fingerprint density at radius 1 is 0.364 bits per heavy atom. The summed E-state index contributed by atoms with van der Waals surface area (Å²) >= 11 is 84.9. The van der Waals surface area contributed by atoms with Crippen molar-refractivity contribution in [3.05, 3.63) is 10.1 Å². The summed E-state index contributed by atoms with van der Waals surface area (Å²) in [4.78, 5) is 0. The number of allylic oxidation sites excluding steroid dienone is 2. The molecule has 0 saturated heterocycles. The van der Waals surface area contributed by atoms with E-state index in [0.29, 0.717) is 0 Å². The molecule has 0 saturated carbocycles. The van der Waals surface area contributed by atoms with Gasteiger partial charge >= 0.3 is 0 Å². The van der Waals surface area contributed by atoms with Crippen LogP contribution in [0.15, 0.2) is 10.1 Å². The standard InChI is InChI=1S/C8Cl14/c9-1-2(10)4(13,14)6(17,18)8(21,22)7(19,20)5(15,16)3(1,11)12. The molecule has 1 rings (SSSR count). The second kappa shape index (κ2) is 6.70. The van der Waals surface area contributed by atoms with Crippen molar-refractivity contribution < 1.29 is 0 Å². The highest BCUT2D eigenvalue weighted by Gasteiger charge is 2.79. The van der Waals surface area contributed by atoms with Gasteiger partial charge in [0.25, 0.3) is 0 Å². The van der Waals surface area contributed by atoms with E-state index >= 15 is 0 Å². The number of hydrogen-bond donors (Lipinski definition) is 0. The van der Waals surface area contributed by atoms with Crippen LogP contribution in [-0.4, -0.2) is 26.0 Å². The molecule has 22 heavy (non-hydrogen) atoms. The zero-order chi connectivity index (χ0) is 18.2. The summed E-state index contributed by atoms with van der Waals surface area (Å²) in [7, 11) is 0. The Labute approximate surface area is 196 Å². The molecule has 0 amide bonds. The molecule has 0 aromatic rings. The molecule has 130 valence electrons. The molecule has 0 nitrogen and oxygen atoms in total. The predicted octanol–water partition coefficient (Wildman–Crippen LogP) is 8.73. The lowest BCUT2D eigenvalue weighted by Gasteiger charge is -2.53. The van der Waals surface area contributed by atoms with Gasteiger partial charge in [-0.1, -0.05) is 162 Å². The number of alkyl halides is 12. The van der Waals surface area contributed by atoms with Crippen LogP contribution in [0.25, 0.3) is 0 Å². The summed E-state index contributed by atoms with van der Waals surface area (Å²) in [5.41, 5.74) is 0. The van der Waals surface area contributed by atoms with Gasteiger partial charge in [0.05, 0.1) is 10.1 Å². The fourth-order valence-electron chi connectivity index (χ4n) is 1.34. The van der Waals surface area contributed by atoms with E-state index in [2.05, 4.69) is 0 Å². The Hall–Kier alpha value is 3.80. The van der Waals surface area contributed by atoms with Gasteiger partial charge in [-0.3, -0.25) is 0 Å². The van der Waals surface area contributed by atoms with Gasteiger partial charge in [0, 0.05) is 0 Å². The van der Waals surface area contributed by atoms with E-state index < -0.39 is 36.1 Å². The van der Waals surface area contributed by atoms with Crippen molar-refractivity contribution in [2.75, 3.05) is 0 Å². The maximum atomic E-state index is 6.10. The number of halogens is 14. The molecule has 1 aliphatic carbocycles. The number of hydrogen-bond acceptors (Lipinski definition) is 0. The maximum Gasteiger partial charge on any atom is 0.191 e. The first kappa shape index (κ1) is 23.8. The van der Waals surface area contributed by atoms with E-state index in [1.165, 1.54) is 0 Å². The minimum atomic E-state index is -2.63. The first-order valence-electron chi connectivity index (χ1n) is 4.65. The van der Waals surface area contributed by atoms with Gasteiger partial charge in [-0.25, -0.2) is 0 Å². The summed E-state index contributed by atoms with van der Waals surface area (Å²) in [6.07, 6.45) is 0. The molecule has 0 fully saturated rings. The van der Waals surface area contributed by atoms with Crippen LogP contribution in [0.2, 0.25) is 0 Å². The van der Waals surface area contributed by atoms with Crippen LogP contribution in [0, 0.1) is 0 Å². The summed E-state index contributed by atoms with van der Waals surface area (Å²) in [5.74, 6) is 0. The van der Waals surface area contributed by atoms with E-state index in [0.717, 1.165) is 0 Å². The largest absolute Gasteiger partial charge is 0.191 e. The van der Waals surface area contributed by atoms with Crippen LogP contribution < -0.4 is 0 Å². The van der Waals surface area contributed by atoms with Crippen molar-refractivity contribution in [3.63, 3.8) is 0 Å². The van der Waals surface area contributed by atoms with E-state index in [-0.39, 0.29) is 0 Å². The molecule has 0 radical (unpaired) electrons. The van der Waals surface area contributed by atoms with Gasteiger partial charge in [-0.2, -0.15) is 0 Å².